The second-order valence-electron chi connectivity index (χ2n) is 3.91. The molecule has 0 unspecified atom stereocenters. The molecule has 0 bridgehead atoms. The first-order valence-corrected chi connectivity index (χ1v) is 7.21. The fraction of sp³-hybridized carbons (Fsp3) is 0.0769. The highest BCUT2D eigenvalue weighted by atomic mass is 79.9. The number of nitrogen functional groups attached to an aromatic ring is 1. The molecule has 2 rings (SSSR count). The Hall–Kier alpha value is -1.44. The average Bonchev–Trinajstić information content (AvgIpc) is 2.45. The Labute approximate surface area is 132 Å². The first kappa shape index (κ1) is 15.0. The van der Waals surface area contributed by atoms with Crippen molar-refractivity contribution in [1.29, 1.82) is 0 Å². The van der Waals surface area contributed by atoms with Gasteiger partial charge in [-0.15, -0.1) is 0 Å². The maximum absolute atomic E-state index is 11.4. The Bertz CT molecular complexity index is 635. The number of hydrogen-bond donors (Lipinski definition) is 2. The second-order valence-corrected chi connectivity index (χ2v) is 5.68. The first-order chi connectivity index (χ1) is 9.60. The highest BCUT2D eigenvalue weighted by Gasteiger charge is 2.08. The molecule has 20 heavy (non-hydrogen) atoms. The molecule has 0 aliphatic heterocycles. The van der Waals surface area contributed by atoms with E-state index in [0.29, 0.717) is 17.9 Å². The van der Waals surface area contributed by atoms with Gasteiger partial charge >= 0.3 is 0 Å². The van der Waals surface area contributed by atoms with E-state index < -0.39 is 0 Å². The van der Waals surface area contributed by atoms with Gasteiger partial charge in [-0.3, -0.25) is 15.2 Å². The molecule has 0 spiro atoms. The van der Waals surface area contributed by atoms with Gasteiger partial charge in [-0.25, -0.2) is 5.84 Å². The number of hydrazine groups is 1. The summed E-state index contributed by atoms with van der Waals surface area (Å²) in [6.07, 6.45) is 3.32. The Balaban J connectivity index is 2.08. The van der Waals surface area contributed by atoms with Gasteiger partial charge in [-0.2, -0.15) is 0 Å². The quantitative estimate of drug-likeness (QED) is 0.470. The number of ether oxygens (including phenoxy) is 1. The molecule has 1 amide bonds. The van der Waals surface area contributed by atoms with Gasteiger partial charge in [0.2, 0.25) is 0 Å². The third-order valence-corrected chi connectivity index (χ3v) is 3.69. The standard InChI is InChI=1S/C13H11Br2N3O2/c14-10-4-11(6-17-5-10)20-7-9-2-1-8(3-12(9)15)13(19)18-16/h1-6H,7,16H2,(H,18,19). The largest absolute Gasteiger partial charge is 0.487 e. The molecule has 1 aromatic carbocycles. The molecule has 104 valence electrons. The van der Waals surface area contributed by atoms with E-state index in [9.17, 15) is 4.79 Å². The van der Waals surface area contributed by atoms with Crippen molar-refractivity contribution >= 4 is 37.8 Å². The lowest BCUT2D eigenvalue weighted by Gasteiger charge is -2.09. The zero-order valence-electron chi connectivity index (χ0n) is 10.3. The van der Waals surface area contributed by atoms with Crippen LogP contribution in [0.2, 0.25) is 0 Å². The van der Waals surface area contributed by atoms with E-state index in [1.165, 1.54) is 0 Å². The fourth-order valence-electron chi connectivity index (χ4n) is 1.52. The van der Waals surface area contributed by atoms with E-state index in [4.69, 9.17) is 10.6 Å². The number of nitrogens with one attached hydrogen (secondary N) is 1. The van der Waals surface area contributed by atoms with E-state index in [-0.39, 0.29) is 5.91 Å². The zero-order chi connectivity index (χ0) is 14.5. The predicted octanol–water partition coefficient (Wildman–Crippen LogP) is 2.79. The zero-order valence-corrected chi connectivity index (χ0v) is 13.4. The number of carbonyl (C=O) groups excluding carboxylic acids is 1. The van der Waals surface area contributed by atoms with Gasteiger partial charge in [0, 0.05) is 26.3 Å². The summed E-state index contributed by atoms with van der Waals surface area (Å²) in [5.41, 5.74) is 3.48. The lowest BCUT2D eigenvalue weighted by Crippen LogP contribution is -2.29. The van der Waals surface area contributed by atoms with E-state index >= 15 is 0 Å². The summed E-state index contributed by atoms with van der Waals surface area (Å²) >= 11 is 6.74. The lowest BCUT2D eigenvalue weighted by atomic mass is 10.1. The van der Waals surface area contributed by atoms with Crippen LogP contribution in [0.3, 0.4) is 0 Å². The van der Waals surface area contributed by atoms with Crippen LogP contribution in [0, 0.1) is 0 Å². The summed E-state index contributed by atoms with van der Waals surface area (Å²) in [7, 11) is 0. The molecule has 0 aliphatic carbocycles. The van der Waals surface area contributed by atoms with E-state index in [1.54, 1.807) is 30.6 Å². The maximum atomic E-state index is 11.4. The van der Waals surface area contributed by atoms with Crippen molar-refractivity contribution in [2.75, 3.05) is 0 Å². The minimum atomic E-state index is -0.339. The van der Waals surface area contributed by atoms with Gasteiger partial charge in [0.25, 0.3) is 5.91 Å². The molecule has 5 nitrogen and oxygen atoms in total. The minimum absolute atomic E-state index is 0.339. The molecule has 0 saturated carbocycles. The number of pyridine rings is 1. The van der Waals surface area contributed by atoms with Crippen molar-refractivity contribution in [1.82, 2.24) is 10.4 Å². The van der Waals surface area contributed by atoms with Crippen molar-refractivity contribution in [3.05, 3.63) is 56.7 Å². The molecule has 7 heteroatoms. The monoisotopic (exact) mass is 399 g/mol. The number of aromatic nitrogens is 1. The molecule has 0 saturated heterocycles. The number of halogens is 2. The SMILES string of the molecule is NNC(=O)c1ccc(COc2cncc(Br)c2)c(Br)c1. The van der Waals surface area contributed by atoms with Crippen molar-refractivity contribution in [2.24, 2.45) is 5.84 Å². The summed E-state index contributed by atoms with van der Waals surface area (Å²) in [6.45, 7) is 0.364. The van der Waals surface area contributed by atoms with Gasteiger partial charge in [-0.05, 0) is 34.1 Å². The third-order valence-electron chi connectivity index (χ3n) is 2.52. The van der Waals surface area contributed by atoms with Gasteiger partial charge in [0.15, 0.2) is 0 Å². The van der Waals surface area contributed by atoms with Crippen LogP contribution >= 0.6 is 31.9 Å². The summed E-state index contributed by atoms with van der Waals surface area (Å²) in [6, 6.07) is 7.02. The molecular weight excluding hydrogens is 390 g/mol. The number of hydrogen-bond acceptors (Lipinski definition) is 4. The molecule has 0 aliphatic rings. The van der Waals surface area contributed by atoms with Crippen LogP contribution in [0.1, 0.15) is 15.9 Å². The molecule has 3 N–H and O–H groups in total. The van der Waals surface area contributed by atoms with E-state index in [1.807, 2.05) is 6.07 Å². The molecular formula is C13H11Br2N3O2. The lowest BCUT2D eigenvalue weighted by molar-refractivity contribution is 0.0953. The Morgan fingerprint density at radius 3 is 2.75 bits per heavy atom. The van der Waals surface area contributed by atoms with E-state index in [0.717, 1.165) is 14.5 Å². The Morgan fingerprint density at radius 2 is 2.10 bits per heavy atom. The number of nitrogens with two attached hydrogens (primary N) is 1. The summed E-state index contributed by atoms with van der Waals surface area (Å²) in [5, 5.41) is 0. The fourth-order valence-corrected chi connectivity index (χ4v) is 2.36. The van der Waals surface area contributed by atoms with Gasteiger partial charge in [-0.1, -0.05) is 22.0 Å². The molecule has 1 aromatic heterocycles. The molecule has 0 radical (unpaired) electrons. The number of rotatable bonds is 4. The van der Waals surface area contributed by atoms with Crippen molar-refractivity contribution in [3.63, 3.8) is 0 Å². The summed E-state index contributed by atoms with van der Waals surface area (Å²) in [4.78, 5) is 15.4. The highest BCUT2D eigenvalue weighted by Crippen LogP contribution is 2.22. The minimum Gasteiger partial charge on any atom is -0.487 e. The third kappa shape index (κ3) is 3.78. The number of nitrogens with zero attached hydrogens (tertiary/aromatic N) is 1. The van der Waals surface area contributed by atoms with Crippen LogP contribution in [-0.2, 0) is 6.61 Å². The number of carbonyl (C=O) groups is 1. The summed E-state index contributed by atoms with van der Waals surface area (Å²) < 4.78 is 7.26. The highest BCUT2D eigenvalue weighted by molar-refractivity contribution is 9.10. The van der Waals surface area contributed by atoms with Crippen LogP contribution in [0.5, 0.6) is 5.75 Å². The molecule has 0 atom stereocenters. The van der Waals surface area contributed by atoms with Crippen LogP contribution in [0.25, 0.3) is 0 Å². The van der Waals surface area contributed by atoms with Gasteiger partial charge in [0.05, 0.1) is 6.20 Å². The normalized spacial score (nSPS) is 10.2. The van der Waals surface area contributed by atoms with Gasteiger partial charge < -0.3 is 4.74 Å². The van der Waals surface area contributed by atoms with Crippen LogP contribution < -0.4 is 16.0 Å². The van der Waals surface area contributed by atoms with Crippen molar-refractivity contribution in [2.45, 2.75) is 6.61 Å². The van der Waals surface area contributed by atoms with Crippen LogP contribution in [0.4, 0.5) is 0 Å². The second kappa shape index (κ2) is 6.83. The Kier molecular flexibility index (Phi) is 5.11. The smallest absolute Gasteiger partial charge is 0.265 e. The average molecular weight is 401 g/mol. The topological polar surface area (TPSA) is 77.2 Å². The number of benzene rings is 1. The number of amides is 1. The first-order valence-electron chi connectivity index (χ1n) is 5.63. The van der Waals surface area contributed by atoms with Crippen molar-refractivity contribution in [3.8, 4) is 5.75 Å². The van der Waals surface area contributed by atoms with E-state index in [2.05, 4.69) is 42.3 Å². The van der Waals surface area contributed by atoms with Gasteiger partial charge in [0.1, 0.15) is 12.4 Å². The van der Waals surface area contributed by atoms with Crippen molar-refractivity contribution < 1.29 is 9.53 Å². The predicted molar refractivity (Wildman–Crippen MR) is 82.1 cm³/mol. The molecule has 2 aromatic rings. The van der Waals surface area contributed by atoms with Crippen LogP contribution in [-0.4, -0.2) is 10.9 Å². The summed E-state index contributed by atoms with van der Waals surface area (Å²) in [5.74, 6) is 5.41. The maximum Gasteiger partial charge on any atom is 0.265 e. The molecule has 1 heterocycles. The Morgan fingerprint density at radius 1 is 1.30 bits per heavy atom. The molecule has 0 fully saturated rings. The van der Waals surface area contributed by atoms with Crippen LogP contribution in [0.15, 0.2) is 45.6 Å².